The van der Waals surface area contributed by atoms with Crippen LogP contribution in [-0.4, -0.2) is 43.3 Å². The summed E-state index contributed by atoms with van der Waals surface area (Å²) >= 11 is 0. The molecule has 0 saturated carbocycles. The predicted molar refractivity (Wildman–Crippen MR) is 130 cm³/mol. The van der Waals surface area contributed by atoms with E-state index in [1.54, 1.807) is 12.1 Å². The molecule has 0 atom stereocenters. The molecule has 5 nitrogen and oxygen atoms in total. The predicted octanol–water partition coefficient (Wildman–Crippen LogP) is 4.60. The van der Waals surface area contributed by atoms with Crippen LogP contribution < -0.4 is 0 Å². The highest BCUT2D eigenvalue weighted by Gasteiger charge is 2.35. The zero-order valence-corrected chi connectivity index (χ0v) is 19.8. The van der Waals surface area contributed by atoms with Gasteiger partial charge in [0, 0.05) is 32.2 Å². The Morgan fingerprint density at radius 2 is 1.62 bits per heavy atom. The van der Waals surface area contributed by atoms with Crippen molar-refractivity contribution in [1.29, 1.82) is 5.26 Å². The topological polar surface area (TPSA) is 64.4 Å². The van der Waals surface area contributed by atoms with Gasteiger partial charge in [0.1, 0.15) is 10.7 Å². The Morgan fingerprint density at radius 3 is 2.32 bits per heavy atom. The van der Waals surface area contributed by atoms with Crippen LogP contribution in [0.25, 0.3) is 0 Å². The molecule has 176 valence electrons. The zero-order chi connectivity index (χ0) is 24.0. The third-order valence-corrected chi connectivity index (χ3v) is 8.30. The number of piperidine rings is 1. The van der Waals surface area contributed by atoms with Crippen molar-refractivity contribution in [2.24, 2.45) is 0 Å². The van der Waals surface area contributed by atoms with Crippen LogP contribution in [0.3, 0.4) is 0 Å². The highest BCUT2D eigenvalue weighted by Crippen LogP contribution is 2.27. The van der Waals surface area contributed by atoms with E-state index in [-0.39, 0.29) is 10.9 Å². The number of nitriles is 1. The maximum Gasteiger partial charge on any atom is 0.246 e. The van der Waals surface area contributed by atoms with Crippen LogP contribution >= 0.6 is 0 Å². The summed E-state index contributed by atoms with van der Waals surface area (Å²) in [5.74, 6) is -0.720. The lowest BCUT2D eigenvalue weighted by molar-refractivity contribution is 0.153. The van der Waals surface area contributed by atoms with Gasteiger partial charge in [-0.2, -0.15) is 9.57 Å². The van der Waals surface area contributed by atoms with Crippen molar-refractivity contribution >= 4 is 10.0 Å². The molecule has 1 aliphatic rings. The summed E-state index contributed by atoms with van der Waals surface area (Å²) in [6.07, 6.45) is 1.90. The molecule has 4 rings (SSSR count). The van der Waals surface area contributed by atoms with E-state index in [9.17, 15) is 12.8 Å². The number of likely N-dealkylation sites (tertiary alicyclic amines) is 1. The van der Waals surface area contributed by atoms with E-state index < -0.39 is 15.8 Å². The number of hydrogen-bond acceptors (Lipinski definition) is 4. The number of benzene rings is 3. The minimum atomic E-state index is -3.98. The SMILES string of the molecule is N#Cc1cccc(CN2CCC(N(CCc3ccccc3)S(=O)(=O)c3ccccc3F)CC2)c1. The van der Waals surface area contributed by atoms with Crippen LogP contribution in [0.5, 0.6) is 0 Å². The fourth-order valence-electron chi connectivity index (χ4n) is 4.53. The van der Waals surface area contributed by atoms with Crippen LogP contribution in [0.1, 0.15) is 29.5 Å². The van der Waals surface area contributed by atoms with E-state index in [0.29, 0.717) is 37.9 Å². The molecule has 34 heavy (non-hydrogen) atoms. The summed E-state index contributed by atoms with van der Waals surface area (Å²) < 4.78 is 43.1. The number of nitrogens with zero attached hydrogens (tertiary/aromatic N) is 3. The normalized spacial score (nSPS) is 15.3. The van der Waals surface area contributed by atoms with Gasteiger partial charge >= 0.3 is 0 Å². The van der Waals surface area contributed by atoms with Crippen molar-refractivity contribution in [3.05, 3.63) is 101 Å². The average molecular weight is 478 g/mol. The maximum atomic E-state index is 14.5. The molecule has 0 radical (unpaired) electrons. The Bertz CT molecular complexity index is 1250. The lowest BCUT2D eigenvalue weighted by Crippen LogP contribution is -2.48. The van der Waals surface area contributed by atoms with Gasteiger partial charge in [-0.1, -0.05) is 54.6 Å². The van der Waals surface area contributed by atoms with Crippen LogP contribution in [0.15, 0.2) is 83.8 Å². The molecular formula is C27H28FN3O2S. The molecule has 0 spiro atoms. The van der Waals surface area contributed by atoms with Gasteiger partial charge in [0.25, 0.3) is 0 Å². The first-order chi connectivity index (χ1) is 16.5. The Balaban J connectivity index is 1.50. The zero-order valence-electron chi connectivity index (χ0n) is 19.0. The van der Waals surface area contributed by atoms with Crippen molar-refractivity contribution in [2.75, 3.05) is 19.6 Å². The molecule has 1 saturated heterocycles. The largest absolute Gasteiger partial charge is 0.299 e. The summed E-state index contributed by atoms with van der Waals surface area (Å²) in [7, 11) is -3.98. The van der Waals surface area contributed by atoms with E-state index in [1.807, 2.05) is 48.5 Å². The third-order valence-electron chi connectivity index (χ3n) is 6.31. The summed E-state index contributed by atoms with van der Waals surface area (Å²) in [5.41, 5.74) is 2.75. The Kier molecular flexibility index (Phi) is 7.73. The minimum absolute atomic E-state index is 0.199. The lowest BCUT2D eigenvalue weighted by Gasteiger charge is -2.38. The monoisotopic (exact) mass is 477 g/mol. The molecule has 0 bridgehead atoms. The summed E-state index contributed by atoms with van der Waals surface area (Å²) in [6.45, 7) is 2.48. The summed E-state index contributed by atoms with van der Waals surface area (Å²) in [5, 5.41) is 9.13. The first-order valence-corrected chi connectivity index (χ1v) is 12.9. The van der Waals surface area contributed by atoms with Crippen LogP contribution in [0.2, 0.25) is 0 Å². The van der Waals surface area contributed by atoms with E-state index in [1.165, 1.54) is 22.5 Å². The van der Waals surface area contributed by atoms with E-state index in [4.69, 9.17) is 5.26 Å². The molecule has 0 N–H and O–H groups in total. The van der Waals surface area contributed by atoms with E-state index in [2.05, 4.69) is 11.0 Å². The molecule has 3 aromatic carbocycles. The van der Waals surface area contributed by atoms with Gasteiger partial charge in [-0.15, -0.1) is 0 Å². The first-order valence-electron chi connectivity index (χ1n) is 11.5. The minimum Gasteiger partial charge on any atom is -0.299 e. The number of sulfonamides is 1. The van der Waals surface area contributed by atoms with Crippen molar-refractivity contribution in [3.63, 3.8) is 0 Å². The van der Waals surface area contributed by atoms with Crippen molar-refractivity contribution < 1.29 is 12.8 Å². The van der Waals surface area contributed by atoms with Gasteiger partial charge in [-0.25, -0.2) is 12.8 Å². The number of halogens is 1. The molecule has 0 unspecified atom stereocenters. The second-order valence-electron chi connectivity index (χ2n) is 8.60. The Hall–Kier alpha value is -3.05. The second kappa shape index (κ2) is 10.9. The highest BCUT2D eigenvalue weighted by molar-refractivity contribution is 7.89. The first kappa shape index (κ1) is 24.1. The standard InChI is InChI=1S/C27H28FN3O2S/c28-26-11-4-5-12-27(26)34(32,33)31(18-13-22-7-2-1-3-8-22)25-14-16-30(17-15-25)21-24-10-6-9-23(19-24)20-29/h1-12,19,25H,13-18,21H2. The van der Waals surface area contributed by atoms with Gasteiger partial charge in [0.05, 0.1) is 11.6 Å². The Morgan fingerprint density at radius 1 is 0.941 bits per heavy atom. The highest BCUT2D eigenvalue weighted by atomic mass is 32.2. The molecule has 3 aromatic rings. The molecule has 0 amide bonds. The fraction of sp³-hybridized carbons (Fsp3) is 0.296. The van der Waals surface area contributed by atoms with Crippen molar-refractivity contribution in [1.82, 2.24) is 9.21 Å². The van der Waals surface area contributed by atoms with E-state index >= 15 is 0 Å². The number of rotatable bonds is 8. The molecule has 1 fully saturated rings. The molecule has 1 heterocycles. The maximum absolute atomic E-state index is 14.5. The number of hydrogen-bond donors (Lipinski definition) is 0. The Labute approximate surface area is 201 Å². The summed E-state index contributed by atoms with van der Waals surface area (Å²) in [6, 6.07) is 24.9. The quantitative estimate of drug-likeness (QED) is 0.476. The van der Waals surface area contributed by atoms with Crippen LogP contribution in [0.4, 0.5) is 4.39 Å². The molecule has 0 aromatic heterocycles. The molecule has 1 aliphatic heterocycles. The third kappa shape index (κ3) is 5.71. The smallest absolute Gasteiger partial charge is 0.246 e. The van der Waals surface area contributed by atoms with Crippen LogP contribution in [0, 0.1) is 17.1 Å². The van der Waals surface area contributed by atoms with Crippen molar-refractivity contribution in [2.45, 2.75) is 36.7 Å². The van der Waals surface area contributed by atoms with Crippen LogP contribution in [-0.2, 0) is 23.0 Å². The van der Waals surface area contributed by atoms with Crippen molar-refractivity contribution in [3.8, 4) is 6.07 Å². The molecular weight excluding hydrogens is 449 g/mol. The molecule has 7 heteroatoms. The van der Waals surface area contributed by atoms with E-state index in [0.717, 1.165) is 24.2 Å². The average Bonchev–Trinajstić information content (AvgIpc) is 2.86. The van der Waals surface area contributed by atoms with Gasteiger partial charge < -0.3 is 0 Å². The van der Waals surface area contributed by atoms with Gasteiger partial charge in [0.15, 0.2) is 0 Å². The second-order valence-corrected chi connectivity index (χ2v) is 10.5. The van der Waals surface area contributed by atoms with Gasteiger partial charge in [-0.05, 0) is 54.7 Å². The van der Waals surface area contributed by atoms with Gasteiger partial charge in [-0.3, -0.25) is 4.90 Å². The summed E-state index contributed by atoms with van der Waals surface area (Å²) in [4.78, 5) is 2.01. The molecule has 0 aliphatic carbocycles. The van der Waals surface area contributed by atoms with Gasteiger partial charge in [0.2, 0.25) is 10.0 Å². The fourth-order valence-corrected chi connectivity index (χ4v) is 6.28. The lowest BCUT2D eigenvalue weighted by atomic mass is 10.0.